The van der Waals surface area contributed by atoms with Gasteiger partial charge in [0.2, 0.25) is 0 Å². The first-order valence-electron chi connectivity index (χ1n) is 8.74. The average Bonchev–Trinajstić information content (AvgIpc) is 2.84. The topological polar surface area (TPSA) is 69.7 Å². The predicted molar refractivity (Wildman–Crippen MR) is 93.6 cm³/mol. The summed E-state index contributed by atoms with van der Waals surface area (Å²) in [6.45, 7) is 11.1. The molecule has 0 spiro atoms. The molecule has 0 bridgehead atoms. The molecule has 5 nitrogen and oxygen atoms in total. The smallest absolute Gasteiger partial charge is 0.334 e. The van der Waals surface area contributed by atoms with E-state index >= 15 is 0 Å². The van der Waals surface area contributed by atoms with Gasteiger partial charge in [0.25, 0.3) is 0 Å². The molecule has 1 aliphatic carbocycles. The number of carbonyl (C=O) groups is 3. The molecule has 0 aromatic heterocycles. The van der Waals surface area contributed by atoms with E-state index in [0.717, 1.165) is 12.0 Å². The van der Waals surface area contributed by atoms with Crippen LogP contribution in [-0.2, 0) is 23.9 Å². The van der Waals surface area contributed by atoms with E-state index in [4.69, 9.17) is 9.47 Å². The van der Waals surface area contributed by atoms with Gasteiger partial charge >= 0.3 is 11.9 Å². The van der Waals surface area contributed by atoms with Crippen molar-refractivity contribution in [1.82, 2.24) is 0 Å². The molecule has 2 rings (SSSR count). The third kappa shape index (κ3) is 4.09. The highest BCUT2D eigenvalue weighted by Crippen LogP contribution is 2.35. The second kappa shape index (κ2) is 7.81. The zero-order valence-electron chi connectivity index (χ0n) is 15.3. The van der Waals surface area contributed by atoms with E-state index in [1.54, 1.807) is 13.8 Å². The quantitative estimate of drug-likeness (QED) is 0.445. The highest BCUT2D eigenvalue weighted by molar-refractivity contribution is 6.02. The number of allylic oxidation sites excluding steroid dienone is 2. The molecule has 0 amide bonds. The molecule has 25 heavy (non-hydrogen) atoms. The lowest BCUT2D eigenvalue weighted by Crippen LogP contribution is -2.40. The standard InChI is InChI=1S/C20H26O5/c1-6-12(3)19(22)25-18-16-14(5)20(23)24-15(16)10-11(2)8-7-9-13(4)17(18)21/h9-10,12,15-16,18H,5-8H2,1-4H3/b11-10+,13-9-/t12-,15+,16+,18-/m1/s1. The summed E-state index contributed by atoms with van der Waals surface area (Å²) in [5.41, 5.74) is 1.77. The van der Waals surface area contributed by atoms with Gasteiger partial charge in [-0.25, -0.2) is 4.79 Å². The Kier molecular flexibility index (Phi) is 5.98. The van der Waals surface area contributed by atoms with Crippen molar-refractivity contribution in [3.05, 3.63) is 35.5 Å². The number of rotatable bonds is 3. The van der Waals surface area contributed by atoms with Crippen molar-refractivity contribution in [2.75, 3.05) is 0 Å². The van der Waals surface area contributed by atoms with E-state index in [9.17, 15) is 14.4 Å². The van der Waals surface area contributed by atoms with Gasteiger partial charge in [0, 0.05) is 5.57 Å². The zero-order chi connectivity index (χ0) is 18.7. The normalized spacial score (nSPS) is 32.6. The summed E-state index contributed by atoms with van der Waals surface area (Å²) in [6, 6.07) is 0. The molecular formula is C20H26O5. The lowest BCUT2D eigenvalue weighted by Gasteiger charge is -2.27. The molecular weight excluding hydrogens is 320 g/mol. The maximum atomic E-state index is 12.9. The lowest BCUT2D eigenvalue weighted by atomic mass is 9.84. The summed E-state index contributed by atoms with van der Waals surface area (Å²) in [5.74, 6) is -2.30. The van der Waals surface area contributed by atoms with Crippen molar-refractivity contribution in [2.45, 2.75) is 59.2 Å². The molecule has 136 valence electrons. The summed E-state index contributed by atoms with van der Waals surface area (Å²) in [6.07, 6.45) is 4.05. The summed E-state index contributed by atoms with van der Waals surface area (Å²) in [7, 11) is 0. The van der Waals surface area contributed by atoms with Gasteiger partial charge in [-0.3, -0.25) is 9.59 Å². The second-order valence-corrected chi connectivity index (χ2v) is 6.89. The van der Waals surface area contributed by atoms with E-state index < -0.39 is 30.1 Å². The van der Waals surface area contributed by atoms with Crippen molar-refractivity contribution < 1.29 is 23.9 Å². The van der Waals surface area contributed by atoms with Gasteiger partial charge in [-0.2, -0.15) is 0 Å². The van der Waals surface area contributed by atoms with Crippen LogP contribution in [0.2, 0.25) is 0 Å². The molecule has 0 aromatic rings. The SMILES string of the molecule is C=C1C(=O)O[C@H]2/C=C(\C)CC/C=C(/C)C(=O)[C@H](OC(=O)[C@H](C)CC)[C@@H]12. The molecule has 1 fully saturated rings. The molecule has 0 saturated carbocycles. The molecule has 1 heterocycles. The number of ether oxygens (including phenoxy) is 2. The Balaban J connectivity index is 2.45. The lowest BCUT2D eigenvalue weighted by molar-refractivity contribution is -0.161. The molecule has 5 heteroatoms. The Labute approximate surface area is 148 Å². The Morgan fingerprint density at radius 1 is 1.40 bits per heavy atom. The van der Waals surface area contributed by atoms with Gasteiger partial charge in [0.05, 0.1) is 11.8 Å². The number of hydrogen-bond acceptors (Lipinski definition) is 5. The Hall–Kier alpha value is -2.17. The summed E-state index contributed by atoms with van der Waals surface area (Å²) in [4.78, 5) is 37.3. The maximum absolute atomic E-state index is 12.9. The highest BCUT2D eigenvalue weighted by Gasteiger charge is 2.47. The van der Waals surface area contributed by atoms with Crippen molar-refractivity contribution in [1.29, 1.82) is 0 Å². The summed E-state index contributed by atoms with van der Waals surface area (Å²) < 4.78 is 11.0. The summed E-state index contributed by atoms with van der Waals surface area (Å²) in [5, 5.41) is 0. The van der Waals surface area contributed by atoms with Crippen molar-refractivity contribution in [3.63, 3.8) is 0 Å². The number of hydrogen-bond donors (Lipinski definition) is 0. The minimum Gasteiger partial charge on any atom is -0.454 e. The number of fused-ring (bicyclic) bond motifs is 1. The molecule has 0 aromatic carbocycles. The zero-order valence-corrected chi connectivity index (χ0v) is 15.3. The van der Waals surface area contributed by atoms with Crippen molar-refractivity contribution in [3.8, 4) is 0 Å². The fourth-order valence-corrected chi connectivity index (χ4v) is 3.00. The fraction of sp³-hybridized carbons (Fsp3) is 0.550. The first kappa shape index (κ1) is 19.2. The van der Waals surface area contributed by atoms with Crippen LogP contribution in [0.15, 0.2) is 35.5 Å². The number of esters is 2. The molecule has 0 N–H and O–H groups in total. The van der Waals surface area contributed by atoms with Crippen molar-refractivity contribution >= 4 is 17.7 Å². The van der Waals surface area contributed by atoms with Crippen LogP contribution in [0.4, 0.5) is 0 Å². The van der Waals surface area contributed by atoms with Crippen molar-refractivity contribution in [2.24, 2.45) is 11.8 Å². The van der Waals surface area contributed by atoms with Crippen LogP contribution in [0, 0.1) is 11.8 Å². The molecule has 0 radical (unpaired) electrons. The van der Waals surface area contributed by atoms with Crippen LogP contribution in [-0.4, -0.2) is 29.9 Å². The van der Waals surface area contributed by atoms with Gasteiger partial charge in [0.15, 0.2) is 11.9 Å². The van der Waals surface area contributed by atoms with Crippen LogP contribution in [0.5, 0.6) is 0 Å². The van der Waals surface area contributed by atoms with E-state index in [0.29, 0.717) is 18.4 Å². The monoisotopic (exact) mass is 346 g/mol. The Bertz CT molecular complexity index is 655. The first-order valence-corrected chi connectivity index (χ1v) is 8.74. The van der Waals surface area contributed by atoms with E-state index in [2.05, 4.69) is 6.58 Å². The molecule has 0 unspecified atom stereocenters. The van der Waals surface area contributed by atoms with E-state index in [1.807, 2.05) is 26.0 Å². The molecule has 1 saturated heterocycles. The minimum atomic E-state index is -1.09. The van der Waals surface area contributed by atoms with Crippen LogP contribution >= 0.6 is 0 Å². The molecule has 2 aliphatic rings. The minimum absolute atomic E-state index is 0.178. The van der Waals surface area contributed by atoms with E-state index in [-0.39, 0.29) is 17.3 Å². The largest absolute Gasteiger partial charge is 0.454 e. The average molecular weight is 346 g/mol. The molecule has 1 aliphatic heterocycles. The predicted octanol–water partition coefficient (Wildman–Crippen LogP) is 3.30. The first-order chi connectivity index (χ1) is 11.8. The van der Waals surface area contributed by atoms with Crippen LogP contribution in [0.1, 0.15) is 47.0 Å². The van der Waals surface area contributed by atoms with Crippen LogP contribution in [0.25, 0.3) is 0 Å². The van der Waals surface area contributed by atoms with Gasteiger partial charge < -0.3 is 9.47 Å². The van der Waals surface area contributed by atoms with Gasteiger partial charge in [-0.05, 0) is 44.8 Å². The fourth-order valence-electron chi connectivity index (χ4n) is 3.00. The third-order valence-electron chi connectivity index (χ3n) is 4.93. The Morgan fingerprint density at radius 2 is 2.08 bits per heavy atom. The van der Waals surface area contributed by atoms with Crippen LogP contribution in [0.3, 0.4) is 0 Å². The number of ketones is 1. The summed E-state index contributed by atoms with van der Waals surface area (Å²) >= 11 is 0. The highest BCUT2D eigenvalue weighted by atomic mass is 16.6. The Morgan fingerprint density at radius 3 is 2.72 bits per heavy atom. The second-order valence-electron chi connectivity index (χ2n) is 6.89. The molecule has 4 atom stereocenters. The third-order valence-corrected chi connectivity index (χ3v) is 4.93. The van der Waals surface area contributed by atoms with Gasteiger partial charge in [-0.15, -0.1) is 0 Å². The van der Waals surface area contributed by atoms with Crippen LogP contribution < -0.4 is 0 Å². The number of Topliss-reactive ketones (excluding diaryl/α,β-unsaturated/α-hetero) is 1. The number of carbonyl (C=O) groups excluding carboxylic acids is 3. The maximum Gasteiger partial charge on any atom is 0.334 e. The van der Waals surface area contributed by atoms with Gasteiger partial charge in [0.1, 0.15) is 6.10 Å². The van der Waals surface area contributed by atoms with Gasteiger partial charge in [-0.1, -0.05) is 32.1 Å². The van der Waals surface area contributed by atoms with E-state index in [1.165, 1.54) is 0 Å².